The van der Waals surface area contributed by atoms with Crippen LogP contribution in [0.1, 0.15) is 20.8 Å². The van der Waals surface area contributed by atoms with Crippen LogP contribution in [-0.2, 0) is 4.74 Å². The molecule has 0 amide bonds. The zero-order chi connectivity index (χ0) is 12.9. The molecule has 0 bridgehead atoms. The highest BCUT2D eigenvalue weighted by atomic mass is 16.5. The molecule has 0 aliphatic heterocycles. The molecule has 0 aliphatic rings. The van der Waals surface area contributed by atoms with Crippen molar-refractivity contribution in [1.29, 1.82) is 0 Å². The minimum atomic E-state index is 0.716. The zero-order valence-corrected chi connectivity index (χ0v) is 11.8. The van der Waals surface area contributed by atoms with Gasteiger partial charge in [-0.15, -0.1) is 0 Å². The van der Waals surface area contributed by atoms with Crippen molar-refractivity contribution in [2.24, 2.45) is 4.99 Å². The molecule has 0 saturated heterocycles. The summed E-state index contributed by atoms with van der Waals surface area (Å²) in [4.78, 5) is 6.53. The Labute approximate surface area is 106 Å². The van der Waals surface area contributed by atoms with E-state index in [1.807, 2.05) is 6.92 Å². The number of nitrogens with zero attached hydrogens (tertiary/aromatic N) is 2. The number of likely N-dealkylation sites (N-methyl/N-ethyl adjacent to an activating group) is 1. The van der Waals surface area contributed by atoms with E-state index in [0.29, 0.717) is 6.61 Å². The molecule has 0 atom stereocenters. The molecular weight excluding hydrogens is 216 g/mol. The van der Waals surface area contributed by atoms with E-state index in [2.05, 4.69) is 34.4 Å². The molecular formula is C12H28N4O. The van der Waals surface area contributed by atoms with Crippen LogP contribution in [0.2, 0.25) is 0 Å². The summed E-state index contributed by atoms with van der Waals surface area (Å²) in [6, 6.07) is 0. The number of rotatable bonds is 9. The Kier molecular flexibility index (Phi) is 11.1. The third-order valence-corrected chi connectivity index (χ3v) is 2.58. The lowest BCUT2D eigenvalue weighted by Gasteiger charge is -2.19. The van der Waals surface area contributed by atoms with Crippen molar-refractivity contribution in [1.82, 2.24) is 15.5 Å². The Hall–Kier alpha value is -0.810. The summed E-state index contributed by atoms with van der Waals surface area (Å²) < 4.78 is 5.25. The summed E-state index contributed by atoms with van der Waals surface area (Å²) in [6.45, 7) is 12.8. The highest BCUT2D eigenvalue weighted by Gasteiger charge is 2.00. The van der Waals surface area contributed by atoms with Gasteiger partial charge in [0.15, 0.2) is 5.96 Å². The molecule has 2 N–H and O–H groups in total. The Bertz CT molecular complexity index is 193. The first-order valence-electron chi connectivity index (χ1n) is 6.53. The number of nitrogens with one attached hydrogen (secondary N) is 2. The molecule has 0 aromatic carbocycles. The maximum Gasteiger partial charge on any atom is 0.191 e. The van der Waals surface area contributed by atoms with Crippen molar-refractivity contribution in [3.63, 3.8) is 0 Å². The lowest BCUT2D eigenvalue weighted by Crippen LogP contribution is -2.42. The van der Waals surface area contributed by atoms with Crippen LogP contribution in [0, 0.1) is 0 Å². The van der Waals surface area contributed by atoms with E-state index in [1.54, 1.807) is 7.05 Å². The molecule has 0 spiro atoms. The molecule has 0 radical (unpaired) electrons. The highest BCUT2D eigenvalue weighted by Crippen LogP contribution is 1.84. The Morgan fingerprint density at radius 3 is 2.29 bits per heavy atom. The van der Waals surface area contributed by atoms with Crippen LogP contribution >= 0.6 is 0 Å². The van der Waals surface area contributed by atoms with Gasteiger partial charge in [0.2, 0.25) is 0 Å². The maximum absolute atomic E-state index is 5.25. The number of hydrogen-bond donors (Lipinski definition) is 2. The predicted molar refractivity (Wildman–Crippen MR) is 73.6 cm³/mol. The van der Waals surface area contributed by atoms with Crippen LogP contribution in [0.3, 0.4) is 0 Å². The summed E-state index contributed by atoms with van der Waals surface area (Å²) in [7, 11) is 1.79. The minimum absolute atomic E-state index is 0.716. The quantitative estimate of drug-likeness (QED) is 0.353. The van der Waals surface area contributed by atoms with Crippen LogP contribution in [0.25, 0.3) is 0 Å². The van der Waals surface area contributed by atoms with Crippen LogP contribution < -0.4 is 10.6 Å². The molecule has 0 saturated carbocycles. The fourth-order valence-corrected chi connectivity index (χ4v) is 1.48. The molecule has 0 rings (SSSR count). The number of ether oxygens (including phenoxy) is 1. The standard InChI is InChI=1S/C12H28N4O/c1-5-16(6-2)10-8-14-12(13-4)15-9-11-17-7-3/h5-11H2,1-4H3,(H2,13,14,15). The smallest absolute Gasteiger partial charge is 0.191 e. The second-order valence-corrected chi connectivity index (χ2v) is 3.65. The van der Waals surface area contributed by atoms with E-state index < -0.39 is 0 Å². The van der Waals surface area contributed by atoms with E-state index in [-0.39, 0.29) is 0 Å². The topological polar surface area (TPSA) is 48.9 Å². The number of hydrogen-bond acceptors (Lipinski definition) is 3. The molecule has 0 fully saturated rings. The number of guanidine groups is 1. The monoisotopic (exact) mass is 244 g/mol. The van der Waals surface area contributed by atoms with Crippen molar-refractivity contribution in [3.8, 4) is 0 Å². The van der Waals surface area contributed by atoms with Gasteiger partial charge in [0.1, 0.15) is 0 Å². The second kappa shape index (κ2) is 11.7. The first kappa shape index (κ1) is 16.2. The summed E-state index contributed by atoms with van der Waals surface area (Å²) in [5, 5.41) is 6.50. The van der Waals surface area contributed by atoms with Gasteiger partial charge in [-0.05, 0) is 20.0 Å². The molecule has 5 nitrogen and oxygen atoms in total. The molecule has 0 aliphatic carbocycles. The molecule has 5 heteroatoms. The van der Waals surface area contributed by atoms with Crippen molar-refractivity contribution in [2.75, 3.05) is 53.0 Å². The van der Waals surface area contributed by atoms with Crippen molar-refractivity contribution in [2.45, 2.75) is 20.8 Å². The number of aliphatic imine (C=N–C) groups is 1. The summed E-state index contributed by atoms with van der Waals surface area (Å²) in [5.41, 5.74) is 0. The molecule has 0 aromatic rings. The Morgan fingerprint density at radius 2 is 1.76 bits per heavy atom. The largest absolute Gasteiger partial charge is 0.380 e. The van der Waals surface area contributed by atoms with Crippen molar-refractivity contribution >= 4 is 5.96 Å². The maximum atomic E-state index is 5.25. The SMILES string of the molecule is CCOCCNC(=NC)NCCN(CC)CC. The van der Waals surface area contributed by atoms with Gasteiger partial charge in [-0.2, -0.15) is 0 Å². The van der Waals surface area contributed by atoms with Gasteiger partial charge >= 0.3 is 0 Å². The normalized spacial score (nSPS) is 11.9. The third-order valence-electron chi connectivity index (χ3n) is 2.58. The minimum Gasteiger partial charge on any atom is -0.380 e. The van der Waals surface area contributed by atoms with E-state index >= 15 is 0 Å². The van der Waals surface area contributed by atoms with E-state index in [4.69, 9.17) is 4.74 Å². The average Bonchev–Trinajstić information content (AvgIpc) is 2.37. The molecule has 102 valence electrons. The van der Waals surface area contributed by atoms with Crippen molar-refractivity contribution in [3.05, 3.63) is 0 Å². The summed E-state index contributed by atoms with van der Waals surface area (Å²) >= 11 is 0. The van der Waals surface area contributed by atoms with E-state index in [0.717, 1.165) is 45.3 Å². The lowest BCUT2D eigenvalue weighted by atomic mass is 10.4. The molecule has 17 heavy (non-hydrogen) atoms. The molecule has 0 aromatic heterocycles. The highest BCUT2D eigenvalue weighted by molar-refractivity contribution is 5.79. The van der Waals surface area contributed by atoms with Gasteiger partial charge in [-0.25, -0.2) is 0 Å². The van der Waals surface area contributed by atoms with Gasteiger partial charge in [0.05, 0.1) is 6.61 Å². The van der Waals surface area contributed by atoms with Gasteiger partial charge < -0.3 is 20.3 Å². The second-order valence-electron chi connectivity index (χ2n) is 3.65. The van der Waals surface area contributed by atoms with Gasteiger partial charge in [0, 0.05) is 33.3 Å². The van der Waals surface area contributed by atoms with Gasteiger partial charge in [-0.1, -0.05) is 13.8 Å². The average molecular weight is 244 g/mol. The van der Waals surface area contributed by atoms with Crippen LogP contribution in [-0.4, -0.2) is 63.8 Å². The van der Waals surface area contributed by atoms with Crippen LogP contribution in [0.4, 0.5) is 0 Å². The lowest BCUT2D eigenvalue weighted by molar-refractivity contribution is 0.152. The fraction of sp³-hybridized carbons (Fsp3) is 0.917. The fourth-order valence-electron chi connectivity index (χ4n) is 1.48. The Morgan fingerprint density at radius 1 is 1.12 bits per heavy atom. The Balaban J connectivity index is 3.61. The predicted octanol–water partition coefficient (Wildman–Crippen LogP) is 0.530. The summed E-state index contributed by atoms with van der Waals surface area (Å²) in [6.07, 6.45) is 0. The van der Waals surface area contributed by atoms with Gasteiger partial charge in [-0.3, -0.25) is 4.99 Å². The zero-order valence-electron chi connectivity index (χ0n) is 11.8. The van der Waals surface area contributed by atoms with Gasteiger partial charge in [0.25, 0.3) is 0 Å². The molecule has 0 unspecified atom stereocenters. The first-order valence-corrected chi connectivity index (χ1v) is 6.53. The van der Waals surface area contributed by atoms with Crippen LogP contribution in [0.5, 0.6) is 0 Å². The van der Waals surface area contributed by atoms with Crippen LogP contribution in [0.15, 0.2) is 4.99 Å². The van der Waals surface area contributed by atoms with Crippen molar-refractivity contribution < 1.29 is 4.74 Å². The van der Waals surface area contributed by atoms with E-state index in [1.165, 1.54) is 0 Å². The summed E-state index contributed by atoms with van der Waals surface area (Å²) in [5.74, 6) is 0.844. The third kappa shape index (κ3) is 8.94. The molecule has 0 heterocycles. The first-order chi connectivity index (χ1) is 8.28. The van der Waals surface area contributed by atoms with E-state index in [9.17, 15) is 0 Å².